The molecule has 7 rings (SSSR count). The molecule has 0 saturated heterocycles. The molecule has 0 aliphatic carbocycles. The number of para-hydroxylation sites is 2. The zero-order valence-corrected chi connectivity index (χ0v) is 19.4. The number of pyridine rings is 2. The van der Waals surface area contributed by atoms with Crippen molar-refractivity contribution in [3.63, 3.8) is 0 Å². The fraction of sp³-hybridized carbons (Fsp3) is 0. The molecular formula is C30H22N6+2. The van der Waals surface area contributed by atoms with Crippen LogP contribution in [-0.4, -0.2) is 19.8 Å². The number of aromatic nitrogens is 6. The van der Waals surface area contributed by atoms with E-state index in [1.54, 1.807) is 0 Å². The monoisotopic (exact) mass is 466 g/mol. The molecule has 4 heterocycles. The van der Waals surface area contributed by atoms with Crippen LogP contribution in [0, 0.1) is 0 Å². The minimum absolute atomic E-state index is 0.917. The van der Waals surface area contributed by atoms with Gasteiger partial charge in [-0.25, -0.2) is 0 Å². The fourth-order valence-corrected chi connectivity index (χ4v) is 4.67. The first kappa shape index (κ1) is 20.3. The highest BCUT2D eigenvalue weighted by Crippen LogP contribution is 2.28. The summed E-state index contributed by atoms with van der Waals surface area (Å²) in [7, 11) is 0. The Morgan fingerprint density at radius 3 is 1.36 bits per heavy atom. The highest BCUT2D eigenvalue weighted by molar-refractivity contribution is 5.81. The van der Waals surface area contributed by atoms with E-state index in [0.717, 1.165) is 44.9 Å². The van der Waals surface area contributed by atoms with Crippen molar-refractivity contribution in [1.29, 1.82) is 0 Å². The van der Waals surface area contributed by atoms with E-state index < -0.39 is 0 Å². The third kappa shape index (κ3) is 3.27. The molecule has 3 aromatic carbocycles. The normalized spacial score (nSPS) is 11.3. The van der Waals surface area contributed by atoms with Crippen molar-refractivity contribution in [3.05, 3.63) is 134 Å². The second-order valence-corrected chi connectivity index (χ2v) is 8.59. The van der Waals surface area contributed by atoms with Gasteiger partial charge in [-0.1, -0.05) is 66.7 Å². The molecule has 0 amide bonds. The molecule has 0 atom stereocenters. The van der Waals surface area contributed by atoms with Gasteiger partial charge in [0.2, 0.25) is 11.0 Å². The van der Waals surface area contributed by atoms with Crippen molar-refractivity contribution in [2.24, 2.45) is 0 Å². The smallest absolute Gasteiger partial charge is 0.120 e. The van der Waals surface area contributed by atoms with E-state index in [4.69, 9.17) is 10.2 Å². The average Bonchev–Trinajstić information content (AvgIpc) is 3.54. The third-order valence-corrected chi connectivity index (χ3v) is 6.35. The first-order chi connectivity index (χ1) is 17.9. The van der Waals surface area contributed by atoms with Crippen LogP contribution >= 0.6 is 0 Å². The van der Waals surface area contributed by atoms with Crippen LogP contribution in [0.2, 0.25) is 0 Å². The second-order valence-electron chi connectivity index (χ2n) is 8.59. The lowest BCUT2D eigenvalue weighted by atomic mass is 10.0. The molecular weight excluding hydrogens is 444 g/mol. The first-order valence-electron chi connectivity index (χ1n) is 11.9. The number of rotatable bonds is 4. The third-order valence-electron chi connectivity index (χ3n) is 6.35. The van der Waals surface area contributed by atoms with Crippen molar-refractivity contribution in [2.45, 2.75) is 0 Å². The van der Waals surface area contributed by atoms with Gasteiger partial charge in [-0.05, 0) is 64.2 Å². The van der Waals surface area contributed by atoms with E-state index in [9.17, 15) is 0 Å². The Balaban J connectivity index is 1.41. The van der Waals surface area contributed by atoms with Gasteiger partial charge >= 0.3 is 0 Å². The molecule has 0 fully saturated rings. The first-order valence-corrected chi connectivity index (χ1v) is 11.9. The van der Waals surface area contributed by atoms with E-state index in [2.05, 4.69) is 69.7 Å². The van der Waals surface area contributed by atoms with Gasteiger partial charge in [0.25, 0.3) is 11.4 Å². The van der Waals surface area contributed by atoms with Crippen LogP contribution in [0.25, 0.3) is 44.9 Å². The van der Waals surface area contributed by atoms with Gasteiger partial charge in [-0.15, -0.1) is 9.03 Å². The number of fused-ring (bicyclic) bond motifs is 2. The van der Waals surface area contributed by atoms with E-state index in [1.165, 1.54) is 0 Å². The second kappa shape index (κ2) is 8.29. The SMILES string of the molecule is c1ccc(-n2nc(-c3cccc(-c4nn(-c5ccccc5)[n+]5ccccc45)c3)c3cccc[n+]32)cc1. The van der Waals surface area contributed by atoms with Gasteiger partial charge in [0, 0.05) is 11.1 Å². The van der Waals surface area contributed by atoms with Crippen LogP contribution in [0.1, 0.15) is 0 Å². The Bertz CT molecular complexity index is 1700. The van der Waals surface area contributed by atoms with E-state index in [-0.39, 0.29) is 0 Å². The van der Waals surface area contributed by atoms with E-state index in [0.29, 0.717) is 0 Å². The molecule has 4 aromatic heterocycles. The van der Waals surface area contributed by atoms with Crippen LogP contribution in [0.4, 0.5) is 0 Å². The van der Waals surface area contributed by atoms with Crippen LogP contribution in [0.5, 0.6) is 0 Å². The topological polar surface area (TPSA) is 43.8 Å². The van der Waals surface area contributed by atoms with Crippen molar-refractivity contribution < 1.29 is 9.03 Å². The average molecular weight is 467 g/mol. The molecule has 0 spiro atoms. The van der Waals surface area contributed by atoms with Crippen molar-refractivity contribution >= 4 is 11.0 Å². The Morgan fingerprint density at radius 1 is 0.444 bits per heavy atom. The molecule has 0 radical (unpaired) electrons. The molecule has 6 heteroatoms. The molecule has 6 nitrogen and oxygen atoms in total. The Labute approximate surface area is 207 Å². The van der Waals surface area contributed by atoms with Gasteiger partial charge in [-0.3, -0.25) is 0 Å². The van der Waals surface area contributed by atoms with Gasteiger partial charge in [-0.2, -0.15) is 0 Å². The van der Waals surface area contributed by atoms with Crippen molar-refractivity contribution in [2.75, 3.05) is 0 Å². The molecule has 36 heavy (non-hydrogen) atoms. The minimum Gasteiger partial charge on any atom is -0.120 e. The predicted octanol–water partition coefficient (Wildman–Crippen LogP) is 4.87. The molecule has 0 aliphatic heterocycles. The van der Waals surface area contributed by atoms with Crippen LogP contribution in [0.3, 0.4) is 0 Å². The Morgan fingerprint density at radius 2 is 0.889 bits per heavy atom. The van der Waals surface area contributed by atoms with Crippen LogP contribution < -0.4 is 9.03 Å². The van der Waals surface area contributed by atoms with Gasteiger partial charge in [0.1, 0.15) is 23.8 Å². The number of hydrogen-bond donors (Lipinski definition) is 0. The van der Waals surface area contributed by atoms with Gasteiger partial charge < -0.3 is 0 Å². The molecule has 0 saturated carbocycles. The molecule has 7 aromatic rings. The van der Waals surface area contributed by atoms with Crippen molar-refractivity contribution in [1.82, 2.24) is 19.8 Å². The summed E-state index contributed by atoms with van der Waals surface area (Å²) in [6.45, 7) is 0. The summed E-state index contributed by atoms with van der Waals surface area (Å²) >= 11 is 0. The molecule has 0 N–H and O–H groups in total. The zero-order valence-electron chi connectivity index (χ0n) is 19.4. The molecule has 170 valence electrons. The van der Waals surface area contributed by atoms with Crippen LogP contribution in [-0.2, 0) is 0 Å². The fourth-order valence-electron chi connectivity index (χ4n) is 4.67. The highest BCUT2D eigenvalue weighted by atomic mass is 15.5. The van der Waals surface area contributed by atoms with E-state index in [1.807, 2.05) is 82.7 Å². The standard InChI is InChI=1S/C30H22N6/c1-3-14-25(15-4-1)35-31-29(27-18-7-9-20-33(27)35)23-12-11-13-24(22-23)30-28-19-8-10-21-34(28)36(32-30)26-16-5-2-6-17-26/h1-22H/q+2. The summed E-state index contributed by atoms with van der Waals surface area (Å²) in [5.41, 5.74) is 7.99. The summed E-state index contributed by atoms with van der Waals surface area (Å²) in [5, 5.41) is 10.1. The molecule has 0 bridgehead atoms. The van der Waals surface area contributed by atoms with Gasteiger partial charge in [0.05, 0.1) is 10.2 Å². The maximum atomic E-state index is 5.03. The summed E-state index contributed by atoms with van der Waals surface area (Å²) in [4.78, 5) is 3.87. The highest BCUT2D eigenvalue weighted by Gasteiger charge is 2.26. The lowest BCUT2D eigenvalue weighted by Gasteiger charge is -1.96. The number of hydrogen-bond acceptors (Lipinski definition) is 2. The van der Waals surface area contributed by atoms with Gasteiger partial charge in [0.15, 0.2) is 0 Å². The largest absolute Gasteiger partial charge is 0.257 e. The molecule has 0 unspecified atom stereocenters. The molecule has 0 aliphatic rings. The summed E-state index contributed by atoms with van der Waals surface area (Å²) in [5.74, 6) is 0. The predicted molar refractivity (Wildman–Crippen MR) is 138 cm³/mol. The summed E-state index contributed by atoms with van der Waals surface area (Å²) in [6.07, 6.45) is 4.07. The Kier molecular flexibility index (Phi) is 4.67. The van der Waals surface area contributed by atoms with E-state index >= 15 is 0 Å². The lowest BCUT2D eigenvalue weighted by molar-refractivity contribution is -0.604. The summed E-state index contributed by atoms with van der Waals surface area (Å²) in [6, 6.07) is 41.2. The minimum atomic E-state index is 0.917. The lowest BCUT2D eigenvalue weighted by Crippen LogP contribution is -2.31. The summed E-state index contributed by atoms with van der Waals surface area (Å²) < 4.78 is 4.15. The van der Waals surface area contributed by atoms with Crippen LogP contribution in [0.15, 0.2) is 134 Å². The number of benzene rings is 3. The quantitative estimate of drug-likeness (QED) is 0.348. The Hall–Kier alpha value is -5.10. The maximum absolute atomic E-state index is 5.03. The van der Waals surface area contributed by atoms with Crippen molar-refractivity contribution in [3.8, 4) is 33.9 Å². The zero-order chi connectivity index (χ0) is 23.9. The maximum Gasteiger partial charge on any atom is 0.257 e. The number of nitrogens with zero attached hydrogens (tertiary/aromatic N) is 6.